The molecule has 8 nitrogen and oxygen atoms in total. The average Bonchev–Trinajstić information content (AvgIpc) is 3.18. The SMILES string of the molecule is CC[C@H](C)[C@H](CO)N1C(=O)[C@@H]2[C@H](C(=O)NC)[C@@]3(C)OC2(CC3C)C1C(=O)NC(C)(C)C. The van der Waals surface area contributed by atoms with Crippen molar-refractivity contribution in [2.75, 3.05) is 13.7 Å². The summed E-state index contributed by atoms with van der Waals surface area (Å²) in [7, 11) is 1.56. The summed E-state index contributed by atoms with van der Waals surface area (Å²) in [6, 6.07) is -1.42. The van der Waals surface area contributed by atoms with Crippen molar-refractivity contribution in [3.63, 3.8) is 0 Å². The number of hydrogen-bond acceptors (Lipinski definition) is 5. The van der Waals surface area contributed by atoms with Crippen LogP contribution in [0.1, 0.15) is 61.3 Å². The van der Waals surface area contributed by atoms with Crippen molar-refractivity contribution in [3.05, 3.63) is 0 Å². The van der Waals surface area contributed by atoms with E-state index in [9.17, 15) is 19.5 Å². The minimum absolute atomic E-state index is 0.0000816. The number of nitrogens with one attached hydrogen (secondary N) is 2. The molecule has 3 saturated heterocycles. The molecular formula is C23H39N3O5. The number of amides is 3. The highest BCUT2D eigenvalue weighted by molar-refractivity contribution is 5.99. The van der Waals surface area contributed by atoms with Gasteiger partial charge < -0.3 is 25.4 Å². The minimum atomic E-state index is -1.08. The van der Waals surface area contributed by atoms with Gasteiger partial charge in [0.15, 0.2) is 0 Å². The van der Waals surface area contributed by atoms with Crippen molar-refractivity contribution < 1.29 is 24.2 Å². The van der Waals surface area contributed by atoms with E-state index in [0.717, 1.165) is 6.42 Å². The molecule has 3 unspecified atom stereocenters. The zero-order valence-electron chi connectivity index (χ0n) is 20.1. The highest BCUT2D eigenvalue weighted by atomic mass is 16.5. The topological polar surface area (TPSA) is 108 Å². The maximum Gasteiger partial charge on any atom is 0.246 e. The summed E-state index contributed by atoms with van der Waals surface area (Å²) >= 11 is 0. The average molecular weight is 438 g/mol. The monoisotopic (exact) mass is 437 g/mol. The highest BCUT2D eigenvalue weighted by Gasteiger charge is 2.80. The lowest BCUT2D eigenvalue weighted by Crippen LogP contribution is -2.61. The molecule has 176 valence electrons. The van der Waals surface area contributed by atoms with E-state index in [2.05, 4.69) is 10.6 Å². The van der Waals surface area contributed by atoms with Crippen molar-refractivity contribution >= 4 is 17.7 Å². The Kier molecular flexibility index (Phi) is 5.98. The lowest BCUT2D eigenvalue weighted by molar-refractivity contribution is -0.152. The van der Waals surface area contributed by atoms with Crippen molar-refractivity contribution in [1.29, 1.82) is 0 Å². The first-order chi connectivity index (χ1) is 14.3. The van der Waals surface area contributed by atoms with Crippen molar-refractivity contribution in [2.24, 2.45) is 23.7 Å². The number of aliphatic hydroxyl groups is 1. The van der Waals surface area contributed by atoms with Crippen LogP contribution in [0.5, 0.6) is 0 Å². The number of carbonyl (C=O) groups is 3. The van der Waals surface area contributed by atoms with Crippen molar-refractivity contribution in [3.8, 4) is 0 Å². The minimum Gasteiger partial charge on any atom is -0.394 e. The smallest absolute Gasteiger partial charge is 0.246 e. The van der Waals surface area contributed by atoms with Gasteiger partial charge in [-0.2, -0.15) is 0 Å². The molecule has 0 aromatic heterocycles. The molecule has 3 aliphatic rings. The molecule has 3 aliphatic heterocycles. The van der Waals surface area contributed by atoms with Crippen LogP contribution < -0.4 is 10.6 Å². The molecule has 0 radical (unpaired) electrons. The Balaban J connectivity index is 2.17. The lowest BCUT2D eigenvalue weighted by Gasteiger charge is -2.40. The van der Waals surface area contributed by atoms with E-state index >= 15 is 0 Å². The number of likely N-dealkylation sites (tertiary alicyclic amines) is 1. The third kappa shape index (κ3) is 3.37. The van der Waals surface area contributed by atoms with Gasteiger partial charge in [-0.3, -0.25) is 14.4 Å². The summed E-state index contributed by atoms with van der Waals surface area (Å²) in [6.07, 6.45) is 1.26. The van der Waals surface area contributed by atoms with E-state index in [1.165, 1.54) is 0 Å². The molecule has 0 aliphatic carbocycles. The van der Waals surface area contributed by atoms with Crippen molar-refractivity contribution in [2.45, 2.75) is 90.1 Å². The molecule has 8 heteroatoms. The molecule has 31 heavy (non-hydrogen) atoms. The maximum absolute atomic E-state index is 13.9. The van der Waals surface area contributed by atoms with Gasteiger partial charge in [-0.1, -0.05) is 27.2 Å². The Morgan fingerprint density at radius 3 is 2.42 bits per heavy atom. The second-order valence-corrected chi connectivity index (χ2v) is 10.9. The summed E-state index contributed by atoms with van der Waals surface area (Å²) in [4.78, 5) is 42.1. The van der Waals surface area contributed by atoms with Crippen LogP contribution in [0.2, 0.25) is 0 Å². The molecule has 1 spiro atoms. The molecule has 3 amide bonds. The second kappa shape index (κ2) is 7.73. The van der Waals surface area contributed by atoms with Gasteiger partial charge in [-0.25, -0.2) is 0 Å². The number of nitrogens with zero attached hydrogens (tertiary/aromatic N) is 1. The van der Waals surface area contributed by atoms with E-state index in [-0.39, 0.29) is 36.2 Å². The molecule has 3 fully saturated rings. The van der Waals surface area contributed by atoms with E-state index in [4.69, 9.17) is 4.74 Å². The predicted molar refractivity (Wildman–Crippen MR) is 116 cm³/mol. The number of rotatable bonds is 6. The second-order valence-electron chi connectivity index (χ2n) is 10.9. The van der Waals surface area contributed by atoms with Crippen LogP contribution in [0.3, 0.4) is 0 Å². The summed E-state index contributed by atoms with van der Waals surface area (Å²) in [6.45, 7) is 13.3. The quantitative estimate of drug-likeness (QED) is 0.576. The summed E-state index contributed by atoms with van der Waals surface area (Å²) in [5.41, 5.74) is -2.41. The molecule has 3 N–H and O–H groups in total. The van der Waals surface area contributed by atoms with Crippen LogP contribution in [-0.2, 0) is 19.1 Å². The van der Waals surface area contributed by atoms with Gasteiger partial charge in [-0.05, 0) is 46.0 Å². The van der Waals surface area contributed by atoms with Crippen LogP contribution >= 0.6 is 0 Å². The summed E-state index contributed by atoms with van der Waals surface area (Å²) in [5.74, 6) is -2.24. The molecular weight excluding hydrogens is 398 g/mol. The van der Waals surface area contributed by atoms with E-state index < -0.39 is 40.7 Å². The molecule has 8 atom stereocenters. The third-order valence-corrected chi connectivity index (χ3v) is 7.87. The third-order valence-electron chi connectivity index (χ3n) is 7.87. The summed E-state index contributed by atoms with van der Waals surface area (Å²) in [5, 5.41) is 16.0. The van der Waals surface area contributed by atoms with Gasteiger partial charge in [0.1, 0.15) is 11.6 Å². The molecule has 2 bridgehead atoms. The molecule has 3 heterocycles. The number of fused-ring (bicyclic) bond motifs is 1. The van der Waals surface area contributed by atoms with Gasteiger partial charge in [0.05, 0.1) is 30.1 Å². The van der Waals surface area contributed by atoms with Gasteiger partial charge in [0, 0.05) is 12.6 Å². The van der Waals surface area contributed by atoms with Gasteiger partial charge >= 0.3 is 0 Å². The van der Waals surface area contributed by atoms with E-state index in [0.29, 0.717) is 6.42 Å². The Morgan fingerprint density at radius 2 is 1.94 bits per heavy atom. The maximum atomic E-state index is 13.9. The first-order valence-corrected chi connectivity index (χ1v) is 11.5. The molecule has 0 aromatic rings. The normalized spacial score (nSPS) is 38.7. The number of aliphatic hydroxyl groups excluding tert-OH is 1. The first kappa shape index (κ1) is 24.0. The fraction of sp³-hybridized carbons (Fsp3) is 0.870. The number of ether oxygens (including phenoxy) is 1. The van der Waals surface area contributed by atoms with Crippen LogP contribution in [0.15, 0.2) is 0 Å². The number of carbonyl (C=O) groups excluding carboxylic acids is 3. The lowest BCUT2D eigenvalue weighted by atomic mass is 9.62. The largest absolute Gasteiger partial charge is 0.394 e. The van der Waals surface area contributed by atoms with Crippen LogP contribution in [0, 0.1) is 23.7 Å². The van der Waals surface area contributed by atoms with Crippen LogP contribution in [-0.4, -0.2) is 70.2 Å². The molecule has 0 aromatic carbocycles. The standard InChI is InChI=1S/C23H39N3O5/c1-9-12(2)14(11-27)26-17(19(29)25-21(4,5)6)23-10-13(3)22(7,31-23)15(18(28)24-8)16(23)20(26)30/h12-17,27H,9-11H2,1-8H3,(H,24,28)(H,25,29)/t12-,13?,14-,15+,16-,17?,22-,23?/m0/s1. The Bertz CT molecular complexity index is 765. The summed E-state index contributed by atoms with van der Waals surface area (Å²) < 4.78 is 6.61. The van der Waals surface area contributed by atoms with Crippen LogP contribution in [0.4, 0.5) is 0 Å². The van der Waals surface area contributed by atoms with Gasteiger partial charge in [0.2, 0.25) is 17.7 Å². The Morgan fingerprint density at radius 1 is 1.32 bits per heavy atom. The zero-order valence-corrected chi connectivity index (χ0v) is 20.1. The molecule has 0 saturated carbocycles. The van der Waals surface area contributed by atoms with E-state index in [1.807, 2.05) is 48.5 Å². The Labute approximate surface area is 185 Å². The highest BCUT2D eigenvalue weighted by Crippen LogP contribution is 2.65. The van der Waals surface area contributed by atoms with E-state index in [1.54, 1.807) is 11.9 Å². The predicted octanol–water partition coefficient (Wildman–Crippen LogP) is 1.06. The fourth-order valence-corrected chi connectivity index (χ4v) is 6.14. The fourth-order valence-electron chi connectivity index (χ4n) is 6.14. The van der Waals surface area contributed by atoms with Gasteiger partial charge in [-0.15, -0.1) is 0 Å². The number of hydrogen-bond donors (Lipinski definition) is 3. The van der Waals surface area contributed by atoms with Crippen molar-refractivity contribution in [1.82, 2.24) is 15.5 Å². The van der Waals surface area contributed by atoms with Gasteiger partial charge in [0.25, 0.3) is 0 Å². The Hall–Kier alpha value is -1.67. The molecule has 3 rings (SSSR count). The van der Waals surface area contributed by atoms with Crippen LogP contribution in [0.25, 0.3) is 0 Å². The zero-order chi connectivity index (χ0) is 23.5. The first-order valence-electron chi connectivity index (χ1n) is 11.5.